The van der Waals surface area contributed by atoms with E-state index in [1.165, 1.54) is 12.1 Å². The number of carbonyl (C=O) groups is 1. The van der Waals surface area contributed by atoms with Gasteiger partial charge >= 0.3 is 0 Å². The minimum Gasteiger partial charge on any atom is -0.373 e. The molecule has 1 amide bonds. The standard InChI is InChI=1S/C20H25FN4O/c1-16-6-8-25(9-7-16)20(26)17(14-22)15-23-10-12-24(13-11-23)19-4-2-18(21)3-5-19/h2-5,15-16H,6-13H2,1H3/b17-15-. The van der Waals surface area contributed by atoms with Crippen molar-refractivity contribution in [2.45, 2.75) is 19.8 Å². The van der Waals surface area contributed by atoms with Gasteiger partial charge in [-0.25, -0.2) is 4.39 Å². The molecule has 2 aliphatic heterocycles. The highest BCUT2D eigenvalue weighted by atomic mass is 19.1. The molecule has 0 spiro atoms. The van der Waals surface area contributed by atoms with Gasteiger partial charge in [0.2, 0.25) is 0 Å². The SMILES string of the molecule is CC1CCN(C(=O)/C(C#N)=C\N2CCN(c3ccc(F)cc3)CC2)CC1. The van der Waals surface area contributed by atoms with Gasteiger partial charge in [-0.05, 0) is 43.0 Å². The summed E-state index contributed by atoms with van der Waals surface area (Å²) in [5, 5.41) is 9.43. The fourth-order valence-corrected chi connectivity index (χ4v) is 3.46. The number of hydrogen-bond donors (Lipinski definition) is 0. The molecule has 2 heterocycles. The first-order valence-electron chi connectivity index (χ1n) is 9.22. The summed E-state index contributed by atoms with van der Waals surface area (Å²) in [4.78, 5) is 18.6. The predicted octanol–water partition coefficient (Wildman–Crippen LogP) is 2.61. The minimum absolute atomic E-state index is 0.152. The molecular weight excluding hydrogens is 331 g/mol. The van der Waals surface area contributed by atoms with Crippen LogP contribution in [0.5, 0.6) is 0 Å². The molecule has 1 aromatic carbocycles. The third-order valence-corrected chi connectivity index (χ3v) is 5.24. The lowest BCUT2D eigenvalue weighted by Crippen LogP contribution is -2.45. The molecule has 0 radical (unpaired) electrons. The first-order valence-corrected chi connectivity index (χ1v) is 9.22. The highest BCUT2D eigenvalue weighted by molar-refractivity contribution is 5.97. The van der Waals surface area contributed by atoms with Crippen LogP contribution in [0.4, 0.5) is 10.1 Å². The molecule has 2 aliphatic rings. The monoisotopic (exact) mass is 356 g/mol. The lowest BCUT2D eigenvalue weighted by atomic mass is 9.99. The molecule has 6 heteroatoms. The maximum absolute atomic E-state index is 13.0. The van der Waals surface area contributed by atoms with E-state index in [2.05, 4.69) is 17.9 Å². The molecule has 0 bridgehead atoms. The van der Waals surface area contributed by atoms with E-state index in [-0.39, 0.29) is 17.3 Å². The molecule has 3 rings (SSSR count). The fraction of sp³-hybridized carbons (Fsp3) is 0.500. The highest BCUT2D eigenvalue weighted by Gasteiger charge is 2.24. The van der Waals surface area contributed by atoms with Crippen LogP contribution in [-0.4, -0.2) is 55.0 Å². The maximum Gasteiger partial charge on any atom is 0.266 e. The van der Waals surface area contributed by atoms with Gasteiger partial charge in [0.15, 0.2) is 0 Å². The zero-order valence-corrected chi connectivity index (χ0v) is 15.2. The van der Waals surface area contributed by atoms with Crippen LogP contribution < -0.4 is 4.90 Å². The number of amides is 1. The number of benzene rings is 1. The second-order valence-corrected chi connectivity index (χ2v) is 7.13. The Morgan fingerprint density at radius 1 is 1.12 bits per heavy atom. The lowest BCUT2D eigenvalue weighted by molar-refractivity contribution is -0.128. The Balaban J connectivity index is 1.58. The molecule has 26 heavy (non-hydrogen) atoms. The van der Waals surface area contributed by atoms with Crippen molar-refractivity contribution in [2.24, 2.45) is 5.92 Å². The molecule has 0 N–H and O–H groups in total. The Kier molecular flexibility index (Phi) is 5.77. The number of likely N-dealkylation sites (tertiary alicyclic amines) is 1. The molecule has 2 fully saturated rings. The van der Waals surface area contributed by atoms with Gasteiger partial charge < -0.3 is 14.7 Å². The molecule has 5 nitrogen and oxygen atoms in total. The van der Waals surface area contributed by atoms with Crippen molar-refractivity contribution in [3.05, 3.63) is 41.9 Å². The Bertz CT molecular complexity index is 694. The summed E-state index contributed by atoms with van der Waals surface area (Å²) in [5.74, 6) is 0.257. The number of piperazine rings is 1. The van der Waals surface area contributed by atoms with E-state index >= 15 is 0 Å². The van der Waals surface area contributed by atoms with Crippen molar-refractivity contribution in [3.63, 3.8) is 0 Å². The molecule has 138 valence electrons. The number of hydrogen-bond acceptors (Lipinski definition) is 4. The first kappa shape index (κ1) is 18.2. The quantitative estimate of drug-likeness (QED) is 0.617. The number of rotatable bonds is 3. The van der Waals surface area contributed by atoms with Crippen LogP contribution >= 0.6 is 0 Å². The van der Waals surface area contributed by atoms with Gasteiger partial charge in [-0.2, -0.15) is 5.26 Å². The van der Waals surface area contributed by atoms with Gasteiger partial charge in [0.1, 0.15) is 17.5 Å². The van der Waals surface area contributed by atoms with Crippen LogP contribution in [0.15, 0.2) is 36.0 Å². The predicted molar refractivity (Wildman–Crippen MR) is 98.9 cm³/mol. The third kappa shape index (κ3) is 4.34. The van der Waals surface area contributed by atoms with Crippen molar-refractivity contribution in [1.29, 1.82) is 5.26 Å². The highest BCUT2D eigenvalue weighted by Crippen LogP contribution is 2.19. The number of halogens is 1. The summed E-state index contributed by atoms with van der Waals surface area (Å²) in [7, 11) is 0. The molecule has 2 saturated heterocycles. The molecule has 0 saturated carbocycles. The van der Waals surface area contributed by atoms with Gasteiger partial charge in [-0.1, -0.05) is 6.92 Å². The Morgan fingerprint density at radius 3 is 2.31 bits per heavy atom. The van der Waals surface area contributed by atoms with Crippen molar-refractivity contribution >= 4 is 11.6 Å². The van der Waals surface area contributed by atoms with E-state index in [1.54, 1.807) is 23.2 Å². The summed E-state index contributed by atoms with van der Waals surface area (Å²) in [6.45, 7) is 6.67. The molecular formula is C20H25FN4O. The summed E-state index contributed by atoms with van der Waals surface area (Å²) >= 11 is 0. The third-order valence-electron chi connectivity index (χ3n) is 5.24. The zero-order chi connectivity index (χ0) is 18.5. The largest absolute Gasteiger partial charge is 0.373 e. The number of anilines is 1. The van der Waals surface area contributed by atoms with E-state index in [0.29, 0.717) is 5.92 Å². The van der Waals surface area contributed by atoms with Crippen LogP contribution in [-0.2, 0) is 4.79 Å². The van der Waals surface area contributed by atoms with Crippen LogP contribution in [0.2, 0.25) is 0 Å². The summed E-state index contributed by atoms with van der Waals surface area (Å²) < 4.78 is 13.0. The van der Waals surface area contributed by atoms with Crippen LogP contribution in [0, 0.1) is 23.1 Å². The Morgan fingerprint density at radius 2 is 1.73 bits per heavy atom. The molecule has 0 aliphatic carbocycles. The summed E-state index contributed by atoms with van der Waals surface area (Å²) in [6, 6.07) is 8.57. The molecule has 0 atom stereocenters. The van der Waals surface area contributed by atoms with Crippen molar-refractivity contribution in [2.75, 3.05) is 44.2 Å². The summed E-state index contributed by atoms with van der Waals surface area (Å²) in [5.41, 5.74) is 1.21. The Labute approximate surface area is 154 Å². The molecule has 0 unspecified atom stereocenters. The zero-order valence-electron chi connectivity index (χ0n) is 15.2. The van der Waals surface area contributed by atoms with E-state index in [4.69, 9.17) is 0 Å². The van der Waals surface area contributed by atoms with Gasteiger partial charge in [-0.3, -0.25) is 4.79 Å². The van der Waals surface area contributed by atoms with E-state index in [1.807, 2.05) is 4.90 Å². The maximum atomic E-state index is 13.0. The second kappa shape index (κ2) is 8.22. The van der Waals surface area contributed by atoms with E-state index in [0.717, 1.165) is 57.8 Å². The van der Waals surface area contributed by atoms with E-state index in [9.17, 15) is 14.4 Å². The van der Waals surface area contributed by atoms with Gasteiger partial charge in [0.05, 0.1) is 0 Å². The lowest BCUT2D eigenvalue weighted by Gasteiger charge is -2.36. The fourth-order valence-electron chi connectivity index (χ4n) is 3.46. The van der Waals surface area contributed by atoms with Crippen molar-refractivity contribution in [1.82, 2.24) is 9.80 Å². The van der Waals surface area contributed by atoms with Gasteiger partial charge in [0.25, 0.3) is 5.91 Å². The van der Waals surface area contributed by atoms with Gasteiger partial charge in [-0.15, -0.1) is 0 Å². The molecule has 1 aromatic rings. The van der Waals surface area contributed by atoms with Crippen molar-refractivity contribution < 1.29 is 9.18 Å². The number of piperidine rings is 1. The average Bonchev–Trinajstić information content (AvgIpc) is 2.67. The van der Waals surface area contributed by atoms with E-state index < -0.39 is 0 Å². The number of nitrogens with zero attached hydrogens (tertiary/aromatic N) is 4. The second-order valence-electron chi connectivity index (χ2n) is 7.13. The number of nitriles is 1. The van der Waals surface area contributed by atoms with Crippen LogP contribution in [0.25, 0.3) is 0 Å². The number of carbonyl (C=O) groups excluding carboxylic acids is 1. The van der Waals surface area contributed by atoms with Crippen molar-refractivity contribution in [3.8, 4) is 6.07 Å². The summed E-state index contributed by atoms with van der Waals surface area (Å²) in [6.07, 6.45) is 3.71. The first-order chi connectivity index (χ1) is 12.6. The Hall–Kier alpha value is -2.55. The van der Waals surface area contributed by atoms with Gasteiger partial charge in [0, 0.05) is 51.2 Å². The molecule has 0 aromatic heterocycles. The topological polar surface area (TPSA) is 50.6 Å². The average molecular weight is 356 g/mol. The smallest absolute Gasteiger partial charge is 0.266 e. The minimum atomic E-state index is -0.236. The normalized spacial score (nSPS) is 19.4. The van der Waals surface area contributed by atoms with Crippen LogP contribution in [0.3, 0.4) is 0 Å². The van der Waals surface area contributed by atoms with Crippen LogP contribution in [0.1, 0.15) is 19.8 Å².